The molecule has 2 heterocycles. The van der Waals surface area contributed by atoms with Gasteiger partial charge in [-0.1, -0.05) is 12.5 Å². The maximum absolute atomic E-state index is 12.7. The van der Waals surface area contributed by atoms with E-state index >= 15 is 0 Å². The number of anilines is 1. The quantitative estimate of drug-likeness (QED) is 0.864. The number of nitrogens with one attached hydrogen (secondary N) is 1. The third-order valence-corrected chi connectivity index (χ3v) is 9.65. The van der Waals surface area contributed by atoms with Gasteiger partial charge in [0.15, 0.2) is 0 Å². The fraction of sp³-hybridized carbons (Fsp3) is 0.667. The predicted molar refractivity (Wildman–Crippen MR) is 98.8 cm³/mol. The van der Waals surface area contributed by atoms with Gasteiger partial charge in [-0.3, -0.25) is 4.79 Å². The first-order chi connectivity index (χ1) is 11.2. The normalized spacial score (nSPS) is 32.0. The SMILES string of the molecule is Cc1cccc(NC(=O)C2CC3CCCC(C2)C32SCCS2)n1. The molecule has 1 saturated heterocycles. The van der Waals surface area contributed by atoms with Gasteiger partial charge in [0.2, 0.25) is 5.91 Å². The van der Waals surface area contributed by atoms with E-state index in [1.807, 2.05) is 25.1 Å². The number of pyridine rings is 1. The smallest absolute Gasteiger partial charge is 0.228 e. The summed E-state index contributed by atoms with van der Waals surface area (Å²) in [6.07, 6.45) is 6.10. The summed E-state index contributed by atoms with van der Waals surface area (Å²) >= 11 is 4.39. The van der Waals surface area contributed by atoms with Crippen molar-refractivity contribution in [1.29, 1.82) is 0 Å². The van der Waals surface area contributed by atoms with Crippen molar-refractivity contribution in [1.82, 2.24) is 4.98 Å². The van der Waals surface area contributed by atoms with Gasteiger partial charge < -0.3 is 5.32 Å². The van der Waals surface area contributed by atoms with Gasteiger partial charge >= 0.3 is 0 Å². The molecule has 2 aliphatic carbocycles. The highest BCUT2D eigenvalue weighted by molar-refractivity contribution is 8.21. The molecular formula is C18H24N2OS2. The van der Waals surface area contributed by atoms with Crippen LogP contribution in [0.4, 0.5) is 5.82 Å². The lowest BCUT2D eigenvalue weighted by Gasteiger charge is -2.52. The minimum absolute atomic E-state index is 0.167. The maximum Gasteiger partial charge on any atom is 0.228 e. The summed E-state index contributed by atoms with van der Waals surface area (Å²) in [6.45, 7) is 1.96. The predicted octanol–water partition coefficient (Wildman–Crippen LogP) is 4.33. The summed E-state index contributed by atoms with van der Waals surface area (Å²) < 4.78 is 0.441. The number of carbonyl (C=O) groups is 1. The van der Waals surface area contributed by atoms with Crippen LogP contribution in [0.2, 0.25) is 0 Å². The van der Waals surface area contributed by atoms with Crippen molar-refractivity contribution in [2.45, 2.75) is 43.1 Å². The van der Waals surface area contributed by atoms with Crippen LogP contribution in [0.5, 0.6) is 0 Å². The molecular weight excluding hydrogens is 324 g/mol. The molecule has 124 valence electrons. The van der Waals surface area contributed by atoms with Crippen molar-refractivity contribution in [2.75, 3.05) is 16.8 Å². The Balaban J connectivity index is 1.48. The lowest BCUT2D eigenvalue weighted by Crippen LogP contribution is -2.48. The van der Waals surface area contributed by atoms with E-state index in [0.29, 0.717) is 21.7 Å². The number of amides is 1. The Kier molecular flexibility index (Phi) is 4.35. The minimum Gasteiger partial charge on any atom is -0.310 e. The molecule has 23 heavy (non-hydrogen) atoms. The lowest BCUT2D eigenvalue weighted by molar-refractivity contribution is -0.122. The van der Waals surface area contributed by atoms with E-state index in [4.69, 9.17) is 0 Å². The van der Waals surface area contributed by atoms with E-state index in [1.54, 1.807) is 0 Å². The highest BCUT2D eigenvalue weighted by atomic mass is 32.2. The van der Waals surface area contributed by atoms with Gasteiger partial charge in [0.1, 0.15) is 5.82 Å². The number of thioether (sulfide) groups is 2. The Morgan fingerprint density at radius 2 is 1.91 bits per heavy atom. The molecule has 0 radical (unpaired) electrons. The maximum atomic E-state index is 12.7. The molecule has 4 rings (SSSR count). The summed E-state index contributed by atoms with van der Waals surface area (Å²) in [6, 6.07) is 5.80. The van der Waals surface area contributed by atoms with Crippen LogP contribution >= 0.6 is 23.5 Å². The van der Waals surface area contributed by atoms with E-state index in [1.165, 1.54) is 30.8 Å². The van der Waals surface area contributed by atoms with Gasteiger partial charge in [0.25, 0.3) is 0 Å². The molecule has 1 aromatic rings. The molecule has 3 aliphatic rings. The lowest BCUT2D eigenvalue weighted by atomic mass is 9.67. The Hall–Kier alpha value is -0.680. The van der Waals surface area contributed by atoms with Crippen molar-refractivity contribution < 1.29 is 4.79 Å². The summed E-state index contributed by atoms with van der Waals surface area (Å²) in [7, 11) is 0. The number of aryl methyl sites for hydroxylation is 1. The monoisotopic (exact) mass is 348 g/mol. The first-order valence-corrected chi connectivity index (χ1v) is 10.7. The Morgan fingerprint density at radius 3 is 2.57 bits per heavy atom. The van der Waals surface area contributed by atoms with E-state index < -0.39 is 0 Å². The van der Waals surface area contributed by atoms with Crippen LogP contribution in [0, 0.1) is 24.7 Å². The van der Waals surface area contributed by atoms with Crippen LogP contribution < -0.4 is 5.32 Å². The number of hydrogen-bond donors (Lipinski definition) is 1. The van der Waals surface area contributed by atoms with Gasteiger partial charge in [-0.25, -0.2) is 4.98 Å². The first kappa shape index (κ1) is 15.8. The summed E-state index contributed by atoms with van der Waals surface area (Å²) in [5, 5.41) is 3.06. The molecule has 1 aromatic heterocycles. The third kappa shape index (κ3) is 2.91. The van der Waals surface area contributed by atoms with Gasteiger partial charge in [-0.2, -0.15) is 0 Å². The zero-order valence-corrected chi connectivity index (χ0v) is 15.2. The van der Waals surface area contributed by atoms with Crippen molar-refractivity contribution in [3.05, 3.63) is 23.9 Å². The van der Waals surface area contributed by atoms with E-state index in [2.05, 4.69) is 33.8 Å². The van der Waals surface area contributed by atoms with Crippen LogP contribution in [0.1, 0.15) is 37.8 Å². The third-order valence-electron chi connectivity index (χ3n) is 5.63. The summed E-state index contributed by atoms with van der Waals surface area (Å²) in [5.74, 6) is 5.07. The Bertz CT molecular complexity index is 584. The second kappa shape index (κ2) is 6.32. The minimum atomic E-state index is 0.167. The molecule has 1 amide bonds. The zero-order chi connectivity index (χ0) is 15.9. The number of aromatic nitrogens is 1. The fourth-order valence-corrected chi connectivity index (χ4v) is 8.60. The second-order valence-corrected chi connectivity index (χ2v) is 10.1. The van der Waals surface area contributed by atoms with Crippen molar-refractivity contribution in [3.63, 3.8) is 0 Å². The second-order valence-electron chi connectivity index (χ2n) is 7.06. The Morgan fingerprint density at radius 1 is 1.22 bits per heavy atom. The van der Waals surface area contributed by atoms with Crippen molar-refractivity contribution in [3.8, 4) is 0 Å². The number of nitrogens with zero attached hydrogens (tertiary/aromatic N) is 1. The van der Waals surface area contributed by atoms with Gasteiger partial charge in [0, 0.05) is 23.1 Å². The number of hydrogen-bond acceptors (Lipinski definition) is 4. The van der Waals surface area contributed by atoms with Crippen LogP contribution in [0.3, 0.4) is 0 Å². The van der Waals surface area contributed by atoms with Crippen LogP contribution in [-0.2, 0) is 4.79 Å². The van der Waals surface area contributed by atoms with Crippen molar-refractivity contribution >= 4 is 35.2 Å². The van der Waals surface area contributed by atoms with Crippen LogP contribution in [0.25, 0.3) is 0 Å². The van der Waals surface area contributed by atoms with Crippen LogP contribution in [0.15, 0.2) is 18.2 Å². The fourth-order valence-electron chi connectivity index (χ4n) is 4.66. The van der Waals surface area contributed by atoms with Crippen molar-refractivity contribution in [2.24, 2.45) is 17.8 Å². The molecule has 3 nitrogen and oxygen atoms in total. The zero-order valence-electron chi connectivity index (χ0n) is 13.6. The van der Waals surface area contributed by atoms with Gasteiger partial charge in [0.05, 0.1) is 4.08 Å². The largest absolute Gasteiger partial charge is 0.310 e. The molecule has 2 atom stereocenters. The van der Waals surface area contributed by atoms with Gasteiger partial charge in [-0.15, -0.1) is 23.5 Å². The van der Waals surface area contributed by atoms with E-state index in [9.17, 15) is 4.79 Å². The summed E-state index contributed by atoms with van der Waals surface area (Å²) in [5.41, 5.74) is 0.945. The molecule has 0 aromatic carbocycles. The molecule has 2 unspecified atom stereocenters. The first-order valence-electron chi connectivity index (χ1n) is 8.70. The average Bonchev–Trinajstić information content (AvgIpc) is 2.96. The molecule has 1 N–H and O–H groups in total. The molecule has 5 heteroatoms. The van der Waals surface area contributed by atoms with Crippen LogP contribution in [-0.4, -0.2) is 26.5 Å². The number of carbonyl (C=O) groups excluding carboxylic acids is 1. The average molecular weight is 349 g/mol. The molecule has 2 bridgehead atoms. The Labute approximate surface area is 146 Å². The standard InChI is InChI=1S/C18H24N2OS2/c1-12-4-2-7-16(19-12)20-17(21)13-10-14-5-3-6-15(11-13)18(14)22-8-9-23-18/h2,4,7,13-15H,3,5-6,8-11H2,1H3,(H,19,20,21). The molecule has 1 spiro atoms. The molecule has 3 fully saturated rings. The topological polar surface area (TPSA) is 42.0 Å². The number of rotatable bonds is 2. The molecule has 1 aliphatic heterocycles. The van der Waals surface area contributed by atoms with E-state index in [-0.39, 0.29) is 11.8 Å². The van der Waals surface area contributed by atoms with Gasteiger partial charge in [-0.05, 0) is 56.6 Å². The summed E-state index contributed by atoms with van der Waals surface area (Å²) in [4.78, 5) is 17.2. The highest BCUT2D eigenvalue weighted by Gasteiger charge is 2.55. The van der Waals surface area contributed by atoms with E-state index in [0.717, 1.165) is 18.5 Å². The molecule has 2 saturated carbocycles. The highest BCUT2D eigenvalue weighted by Crippen LogP contribution is 2.64.